The highest BCUT2D eigenvalue weighted by Gasteiger charge is 2.20. The maximum absolute atomic E-state index is 6.01. The molecule has 5 heterocycles. The lowest BCUT2D eigenvalue weighted by Crippen LogP contribution is -2.37. The number of ether oxygens (including phenoxy) is 2. The Labute approximate surface area is 190 Å². The zero-order valence-electron chi connectivity index (χ0n) is 18.0. The fraction of sp³-hybridized carbons (Fsp3) is 0.200. The highest BCUT2D eigenvalue weighted by molar-refractivity contribution is 5.78. The van der Waals surface area contributed by atoms with Gasteiger partial charge in [-0.1, -0.05) is 18.2 Å². The summed E-state index contributed by atoms with van der Waals surface area (Å²) in [6, 6.07) is 15.8. The minimum atomic E-state index is 0.308. The Bertz CT molecular complexity index is 1410. The quantitative estimate of drug-likeness (QED) is 0.413. The summed E-state index contributed by atoms with van der Waals surface area (Å²) in [5.41, 5.74) is 4.41. The van der Waals surface area contributed by atoms with Gasteiger partial charge in [0.2, 0.25) is 5.88 Å². The lowest BCUT2D eigenvalue weighted by molar-refractivity contribution is 0.122. The van der Waals surface area contributed by atoms with Gasteiger partial charge in [-0.2, -0.15) is 0 Å². The molecule has 0 aliphatic carbocycles. The van der Waals surface area contributed by atoms with E-state index in [0.717, 1.165) is 52.4 Å². The van der Waals surface area contributed by atoms with Crippen molar-refractivity contribution in [3.05, 3.63) is 79.0 Å². The van der Waals surface area contributed by atoms with E-state index >= 15 is 0 Å². The van der Waals surface area contributed by atoms with Crippen LogP contribution in [0.4, 0.5) is 5.82 Å². The van der Waals surface area contributed by atoms with Gasteiger partial charge in [0, 0.05) is 48.7 Å². The lowest BCUT2D eigenvalue weighted by atomic mass is 10.2. The molecule has 1 saturated heterocycles. The molecule has 33 heavy (non-hydrogen) atoms. The Kier molecular flexibility index (Phi) is 5.04. The van der Waals surface area contributed by atoms with E-state index in [9.17, 15) is 0 Å². The van der Waals surface area contributed by atoms with Crippen molar-refractivity contribution >= 4 is 22.4 Å². The highest BCUT2D eigenvalue weighted by Crippen LogP contribution is 2.27. The molecule has 0 unspecified atom stereocenters. The van der Waals surface area contributed by atoms with Crippen molar-refractivity contribution in [2.75, 3.05) is 31.2 Å². The van der Waals surface area contributed by atoms with Gasteiger partial charge >= 0.3 is 0 Å². The van der Waals surface area contributed by atoms with Crippen molar-refractivity contribution in [1.82, 2.24) is 24.3 Å². The number of morpholine rings is 1. The van der Waals surface area contributed by atoms with E-state index in [1.165, 1.54) is 0 Å². The van der Waals surface area contributed by atoms with Gasteiger partial charge in [-0.05, 0) is 24.3 Å². The molecule has 1 aliphatic heterocycles. The predicted molar refractivity (Wildman–Crippen MR) is 125 cm³/mol. The van der Waals surface area contributed by atoms with Crippen molar-refractivity contribution in [3.63, 3.8) is 0 Å². The number of imidazole rings is 1. The highest BCUT2D eigenvalue weighted by atomic mass is 16.5. The topological polar surface area (TPSA) is 77.7 Å². The van der Waals surface area contributed by atoms with E-state index in [4.69, 9.17) is 19.4 Å². The molecule has 0 radical (unpaired) electrons. The van der Waals surface area contributed by atoms with E-state index < -0.39 is 0 Å². The molecule has 5 aromatic rings. The second kappa shape index (κ2) is 8.48. The number of benzene rings is 1. The summed E-state index contributed by atoms with van der Waals surface area (Å²) in [6.45, 7) is 3.25. The monoisotopic (exact) mass is 438 g/mol. The molecule has 0 bridgehead atoms. The van der Waals surface area contributed by atoms with Gasteiger partial charge in [0.25, 0.3) is 0 Å². The Morgan fingerprint density at radius 2 is 1.85 bits per heavy atom. The maximum Gasteiger partial charge on any atom is 0.214 e. The summed E-state index contributed by atoms with van der Waals surface area (Å²) in [5.74, 6) is 1.42. The van der Waals surface area contributed by atoms with E-state index in [2.05, 4.69) is 19.3 Å². The number of hydrogen-bond acceptors (Lipinski definition) is 7. The minimum Gasteiger partial charge on any atom is -0.471 e. The number of pyridine rings is 2. The first-order valence-electron chi connectivity index (χ1n) is 10.9. The number of nitrogens with zero attached hydrogens (tertiary/aromatic N) is 6. The first-order chi connectivity index (χ1) is 16.3. The van der Waals surface area contributed by atoms with Crippen molar-refractivity contribution in [1.29, 1.82) is 0 Å². The van der Waals surface area contributed by atoms with Gasteiger partial charge < -0.3 is 14.4 Å². The van der Waals surface area contributed by atoms with Crippen LogP contribution < -0.4 is 9.64 Å². The van der Waals surface area contributed by atoms with Gasteiger partial charge in [0.05, 0.1) is 36.3 Å². The number of rotatable bonds is 5. The third kappa shape index (κ3) is 3.85. The average Bonchev–Trinajstić information content (AvgIpc) is 3.32. The number of fused-ring (bicyclic) bond motifs is 2. The zero-order valence-corrected chi connectivity index (χ0v) is 18.0. The molecule has 8 nitrogen and oxygen atoms in total. The van der Waals surface area contributed by atoms with Crippen molar-refractivity contribution in [2.45, 2.75) is 6.61 Å². The normalized spacial score (nSPS) is 14.1. The molecule has 1 aromatic carbocycles. The Balaban J connectivity index is 1.36. The van der Waals surface area contributed by atoms with Crippen LogP contribution in [0.3, 0.4) is 0 Å². The van der Waals surface area contributed by atoms with Gasteiger partial charge in [-0.25, -0.2) is 15.0 Å². The standard InChI is InChI=1S/C25H22N6O2/c1-2-6-21-18(4-1)7-8-23(29-21)33-17-20-16-31-22(19-5-3-9-26-14-19)15-27-24(25(31)28-20)30-10-12-32-13-11-30/h1-9,14-16H,10-13,17H2. The smallest absolute Gasteiger partial charge is 0.214 e. The largest absolute Gasteiger partial charge is 0.471 e. The van der Waals surface area contributed by atoms with E-state index in [1.54, 1.807) is 6.20 Å². The second-order valence-electron chi connectivity index (χ2n) is 7.86. The first-order valence-corrected chi connectivity index (χ1v) is 10.9. The van der Waals surface area contributed by atoms with Crippen LogP contribution in [0.5, 0.6) is 5.88 Å². The summed E-state index contributed by atoms with van der Waals surface area (Å²) in [7, 11) is 0. The molecule has 1 fully saturated rings. The van der Waals surface area contributed by atoms with Crippen molar-refractivity contribution in [3.8, 4) is 17.1 Å². The van der Waals surface area contributed by atoms with Crippen LogP contribution in [0.25, 0.3) is 27.8 Å². The SMILES string of the molecule is c1cncc(-c2cnc(N3CCOCC3)c3nc(COc4ccc5ccccc5n4)cn23)c1. The van der Waals surface area contributed by atoms with Crippen LogP contribution in [0.1, 0.15) is 5.69 Å². The van der Waals surface area contributed by atoms with Gasteiger partial charge in [-0.3, -0.25) is 9.38 Å². The third-order valence-electron chi connectivity index (χ3n) is 5.73. The molecule has 0 amide bonds. The second-order valence-corrected chi connectivity index (χ2v) is 7.86. The van der Waals surface area contributed by atoms with Crippen LogP contribution in [-0.2, 0) is 11.3 Å². The van der Waals surface area contributed by atoms with Crippen molar-refractivity contribution < 1.29 is 9.47 Å². The van der Waals surface area contributed by atoms with Crippen LogP contribution in [-0.4, -0.2) is 50.6 Å². The molecule has 164 valence electrons. The fourth-order valence-corrected chi connectivity index (χ4v) is 4.08. The van der Waals surface area contributed by atoms with E-state index in [1.807, 2.05) is 67.1 Å². The first kappa shape index (κ1) is 19.6. The number of para-hydroxylation sites is 1. The summed E-state index contributed by atoms with van der Waals surface area (Å²) in [4.78, 5) is 20.8. The lowest BCUT2D eigenvalue weighted by Gasteiger charge is -2.28. The molecule has 0 saturated carbocycles. The van der Waals surface area contributed by atoms with Gasteiger partial charge in [0.1, 0.15) is 6.61 Å². The molecule has 6 rings (SSSR count). The van der Waals surface area contributed by atoms with Crippen LogP contribution in [0, 0.1) is 0 Å². The average molecular weight is 438 g/mol. The Morgan fingerprint density at radius 1 is 0.939 bits per heavy atom. The molecular weight excluding hydrogens is 416 g/mol. The summed E-state index contributed by atoms with van der Waals surface area (Å²) in [6.07, 6.45) is 7.48. The van der Waals surface area contributed by atoms with E-state index in [-0.39, 0.29) is 0 Å². The van der Waals surface area contributed by atoms with Crippen LogP contribution in [0.2, 0.25) is 0 Å². The summed E-state index contributed by atoms with van der Waals surface area (Å²) < 4.78 is 13.6. The van der Waals surface area contributed by atoms with Crippen LogP contribution in [0.15, 0.2) is 73.3 Å². The molecule has 0 N–H and O–H groups in total. The molecule has 4 aromatic heterocycles. The minimum absolute atomic E-state index is 0.308. The molecule has 0 atom stereocenters. The van der Waals surface area contributed by atoms with Crippen molar-refractivity contribution in [2.24, 2.45) is 0 Å². The third-order valence-corrected chi connectivity index (χ3v) is 5.73. The molecular formula is C25H22N6O2. The summed E-state index contributed by atoms with van der Waals surface area (Å²) >= 11 is 0. The van der Waals surface area contributed by atoms with E-state index in [0.29, 0.717) is 25.7 Å². The van der Waals surface area contributed by atoms with Gasteiger partial charge in [0.15, 0.2) is 11.5 Å². The Morgan fingerprint density at radius 3 is 2.73 bits per heavy atom. The fourth-order valence-electron chi connectivity index (χ4n) is 4.08. The number of hydrogen-bond donors (Lipinski definition) is 0. The maximum atomic E-state index is 6.01. The molecule has 0 spiro atoms. The molecule has 1 aliphatic rings. The Hall–Kier alpha value is -4.04. The van der Waals surface area contributed by atoms with Gasteiger partial charge in [-0.15, -0.1) is 0 Å². The number of aromatic nitrogens is 5. The zero-order chi connectivity index (χ0) is 22.0. The number of anilines is 1. The van der Waals surface area contributed by atoms with Crippen LogP contribution >= 0.6 is 0 Å². The summed E-state index contributed by atoms with van der Waals surface area (Å²) in [5, 5.41) is 1.08. The predicted octanol–water partition coefficient (Wildman–Crippen LogP) is 3.76. The molecule has 8 heteroatoms.